The predicted octanol–water partition coefficient (Wildman–Crippen LogP) is 2.75. The number of halogens is 1. The van der Waals surface area contributed by atoms with Gasteiger partial charge in [0.25, 0.3) is 0 Å². The molecule has 2 heterocycles. The Labute approximate surface area is 144 Å². The third kappa shape index (κ3) is 3.81. The molecule has 3 aromatic rings. The predicted molar refractivity (Wildman–Crippen MR) is 94.1 cm³/mol. The fourth-order valence-corrected chi connectivity index (χ4v) is 2.37. The molecule has 2 aromatic heterocycles. The quantitative estimate of drug-likeness (QED) is 0.582. The molecule has 1 atom stereocenters. The highest BCUT2D eigenvalue weighted by atomic mass is 35.5. The number of urea groups is 1. The minimum absolute atomic E-state index is 0. The zero-order valence-corrected chi connectivity index (χ0v) is 13.8. The van der Waals surface area contributed by atoms with Crippen molar-refractivity contribution in [3.05, 3.63) is 53.9 Å². The van der Waals surface area contributed by atoms with E-state index in [1.807, 2.05) is 37.3 Å². The Bertz CT molecular complexity index is 822. The molecule has 1 aromatic carbocycles. The molecule has 8 heteroatoms. The first-order chi connectivity index (χ1) is 11.2. The van der Waals surface area contributed by atoms with Crippen molar-refractivity contribution in [3.8, 4) is 0 Å². The second-order valence-electron chi connectivity index (χ2n) is 5.17. The lowest BCUT2D eigenvalue weighted by Crippen LogP contribution is -2.31. The van der Waals surface area contributed by atoms with Crippen LogP contribution < -0.4 is 10.6 Å². The van der Waals surface area contributed by atoms with Crippen molar-refractivity contribution in [2.45, 2.75) is 19.6 Å². The Morgan fingerprint density at radius 3 is 2.79 bits per heavy atom. The number of carbonyl (C=O) groups excluding carboxylic acids is 1. The summed E-state index contributed by atoms with van der Waals surface area (Å²) in [5.41, 5.74) is 2.17. The summed E-state index contributed by atoms with van der Waals surface area (Å²) in [5, 5.41) is 22.3. The lowest BCUT2D eigenvalue weighted by atomic mass is 10.1. The standard InChI is InChI=1S/C16H17N5O2.ClH/c1-10(11-5-3-2-4-6-11)18-16(23)20-15-7-13-12(8-17-21-13)14(9-22)19-15;/h2-8,10,22H,9H2,1H3,(H,17,21)(H2,18,19,20,23);1H/t10-;/m1./s1. The van der Waals surface area contributed by atoms with Crippen molar-refractivity contribution >= 4 is 35.2 Å². The van der Waals surface area contributed by atoms with Gasteiger partial charge in [-0.25, -0.2) is 9.78 Å². The van der Waals surface area contributed by atoms with E-state index in [2.05, 4.69) is 25.8 Å². The summed E-state index contributed by atoms with van der Waals surface area (Å²) in [6.07, 6.45) is 1.59. The van der Waals surface area contributed by atoms with Crippen molar-refractivity contribution in [1.29, 1.82) is 0 Å². The van der Waals surface area contributed by atoms with Gasteiger partial charge in [-0.05, 0) is 12.5 Å². The molecule has 0 saturated carbocycles. The maximum atomic E-state index is 12.1. The van der Waals surface area contributed by atoms with Gasteiger partial charge in [-0.1, -0.05) is 30.3 Å². The van der Waals surface area contributed by atoms with Crippen LogP contribution in [0.5, 0.6) is 0 Å². The van der Waals surface area contributed by atoms with Crippen LogP contribution in [0.4, 0.5) is 10.6 Å². The number of H-pyrrole nitrogens is 1. The number of pyridine rings is 1. The molecule has 0 bridgehead atoms. The van der Waals surface area contributed by atoms with E-state index in [4.69, 9.17) is 0 Å². The van der Waals surface area contributed by atoms with Crippen molar-refractivity contribution in [2.24, 2.45) is 0 Å². The molecule has 0 aliphatic rings. The largest absolute Gasteiger partial charge is 0.390 e. The first-order valence-electron chi connectivity index (χ1n) is 7.23. The van der Waals surface area contributed by atoms with Gasteiger partial charge in [0.1, 0.15) is 5.82 Å². The number of rotatable bonds is 4. The van der Waals surface area contributed by atoms with Gasteiger partial charge in [-0.15, -0.1) is 12.4 Å². The highest BCUT2D eigenvalue weighted by Crippen LogP contribution is 2.19. The summed E-state index contributed by atoms with van der Waals surface area (Å²) >= 11 is 0. The number of aliphatic hydroxyl groups is 1. The topological polar surface area (TPSA) is 103 Å². The first kappa shape index (κ1) is 17.7. The fraction of sp³-hybridized carbons (Fsp3) is 0.188. The molecular formula is C16H18ClN5O2. The van der Waals surface area contributed by atoms with Gasteiger partial charge in [0, 0.05) is 11.5 Å². The molecule has 4 N–H and O–H groups in total. The highest BCUT2D eigenvalue weighted by Gasteiger charge is 2.12. The maximum absolute atomic E-state index is 12.1. The second-order valence-corrected chi connectivity index (χ2v) is 5.17. The molecule has 0 saturated heterocycles. The van der Waals surface area contributed by atoms with Crippen molar-refractivity contribution in [1.82, 2.24) is 20.5 Å². The van der Waals surface area contributed by atoms with Crippen molar-refractivity contribution in [3.63, 3.8) is 0 Å². The third-order valence-electron chi connectivity index (χ3n) is 3.55. The van der Waals surface area contributed by atoms with Crippen LogP contribution in [0, 0.1) is 0 Å². The fourth-order valence-electron chi connectivity index (χ4n) is 2.37. The van der Waals surface area contributed by atoms with Crippen LogP contribution in [0.3, 0.4) is 0 Å². The summed E-state index contributed by atoms with van der Waals surface area (Å²) < 4.78 is 0. The van der Waals surface area contributed by atoms with Crippen LogP contribution >= 0.6 is 12.4 Å². The SMILES string of the molecule is C[C@@H](NC(=O)Nc1cc2[nH]ncc2c(CO)n1)c1ccccc1.Cl. The first-order valence-corrected chi connectivity index (χ1v) is 7.23. The van der Waals surface area contributed by atoms with Gasteiger partial charge in [0.15, 0.2) is 0 Å². The van der Waals surface area contributed by atoms with Gasteiger partial charge in [0.05, 0.1) is 30.1 Å². The number of nitrogens with one attached hydrogen (secondary N) is 3. The molecule has 0 aliphatic carbocycles. The van der Waals surface area contributed by atoms with Crippen LogP contribution in [0.2, 0.25) is 0 Å². The van der Waals surface area contributed by atoms with E-state index in [1.54, 1.807) is 12.3 Å². The molecule has 7 nitrogen and oxygen atoms in total. The number of carbonyl (C=O) groups is 1. The molecule has 0 aliphatic heterocycles. The van der Waals surface area contributed by atoms with E-state index in [0.29, 0.717) is 17.0 Å². The molecule has 0 fully saturated rings. The molecule has 0 radical (unpaired) electrons. The number of hydrogen-bond acceptors (Lipinski definition) is 4. The number of aromatic nitrogens is 3. The number of benzene rings is 1. The average Bonchev–Trinajstić information content (AvgIpc) is 3.03. The number of aliphatic hydroxyl groups excluding tert-OH is 1. The third-order valence-corrected chi connectivity index (χ3v) is 3.55. The smallest absolute Gasteiger partial charge is 0.320 e. The van der Waals surface area contributed by atoms with Crippen LogP contribution in [-0.2, 0) is 6.61 Å². The van der Waals surface area contributed by atoms with E-state index in [1.165, 1.54) is 0 Å². The molecule has 2 amide bonds. The molecule has 3 rings (SSSR count). The minimum atomic E-state index is -0.364. The van der Waals surface area contributed by atoms with Crippen molar-refractivity contribution in [2.75, 3.05) is 5.32 Å². The number of fused-ring (bicyclic) bond motifs is 1. The zero-order valence-electron chi connectivity index (χ0n) is 13.0. The van der Waals surface area contributed by atoms with Gasteiger partial charge >= 0.3 is 6.03 Å². The maximum Gasteiger partial charge on any atom is 0.320 e. The molecular weight excluding hydrogens is 330 g/mol. The lowest BCUT2D eigenvalue weighted by Gasteiger charge is -2.15. The monoisotopic (exact) mass is 347 g/mol. The van der Waals surface area contributed by atoms with E-state index in [9.17, 15) is 9.90 Å². The Kier molecular flexibility index (Phi) is 5.73. The van der Waals surface area contributed by atoms with Crippen LogP contribution in [-0.4, -0.2) is 26.3 Å². The molecule has 24 heavy (non-hydrogen) atoms. The van der Waals surface area contributed by atoms with Gasteiger partial charge in [0.2, 0.25) is 0 Å². The Hall–Kier alpha value is -2.64. The average molecular weight is 348 g/mol. The lowest BCUT2D eigenvalue weighted by molar-refractivity contribution is 0.249. The Balaban J connectivity index is 0.00000208. The van der Waals surface area contributed by atoms with Crippen LogP contribution in [0.15, 0.2) is 42.6 Å². The summed E-state index contributed by atoms with van der Waals surface area (Å²) in [7, 11) is 0. The molecule has 0 spiro atoms. The molecule has 126 valence electrons. The number of anilines is 1. The van der Waals surface area contributed by atoms with Gasteiger partial charge in [-0.2, -0.15) is 5.10 Å². The summed E-state index contributed by atoms with van der Waals surface area (Å²) in [5.74, 6) is 0.351. The van der Waals surface area contributed by atoms with Crippen molar-refractivity contribution < 1.29 is 9.90 Å². The normalized spacial score (nSPS) is 11.6. The van der Waals surface area contributed by atoms with E-state index >= 15 is 0 Å². The second kappa shape index (κ2) is 7.76. The summed E-state index contributed by atoms with van der Waals surface area (Å²) in [4.78, 5) is 16.3. The van der Waals surface area contributed by atoms with Crippen LogP contribution in [0.1, 0.15) is 24.2 Å². The van der Waals surface area contributed by atoms with E-state index < -0.39 is 0 Å². The Morgan fingerprint density at radius 1 is 1.33 bits per heavy atom. The number of amides is 2. The summed E-state index contributed by atoms with van der Waals surface area (Å²) in [6.45, 7) is 1.67. The summed E-state index contributed by atoms with van der Waals surface area (Å²) in [6, 6.07) is 10.8. The van der Waals surface area contributed by atoms with Gasteiger partial charge < -0.3 is 10.4 Å². The molecule has 0 unspecified atom stereocenters. The van der Waals surface area contributed by atoms with Crippen LogP contribution in [0.25, 0.3) is 10.9 Å². The minimum Gasteiger partial charge on any atom is -0.390 e. The Morgan fingerprint density at radius 2 is 2.08 bits per heavy atom. The zero-order chi connectivity index (χ0) is 16.2. The van der Waals surface area contributed by atoms with Gasteiger partial charge in [-0.3, -0.25) is 10.4 Å². The number of hydrogen-bond donors (Lipinski definition) is 4. The number of nitrogens with zero attached hydrogens (tertiary/aromatic N) is 2. The number of aromatic amines is 1. The highest BCUT2D eigenvalue weighted by molar-refractivity contribution is 5.91. The van der Waals surface area contributed by atoms with E-state index in [0.717, 1.165) is 10.9 Å². The van der Waals surface area contributed by atoms with E-state index in [-0.39, 0.29) is 31.1 Å².